The van der Waals surface area contributed by atoms with Crippen LogP contribution in [-0.4, -0.2) is 4.98 Å². The van der Waals surface area contributed by atoms with E-state index in [4.69, 9.17) is 4.74 Å². The number of ether oxygens (including phenoxy) is 1. The number of aromatic nitrogens is 1. The third kappa shape index (κ3) is 2.86. The second kappa shape index (κ2) is 4.88. The summed E-state index contributed by atoms with van der Waals surface area (Å²) in [6, 6.07) is 8.03. The molecule has 0 N–H and O–H groups in total. The molecule has 17 heavy (non-hydrogen) atoms. The van der Waals surface area contributed by atoms with E-state index in [9.17, 15) is 0 Å². The Morgan fingerprint density at radius 2 is 1.82 bits per heavy atom. The van der Waals surface area contributed by atoms with Crippen LogP contribution < -0.4 is 4.74 Å². The van der Waals surface area contributed by atoms with E-state index in [2.05, 4.69) is 33.9 Å². The number of nitrogens with zero attached hydrogens (tertiary/aromatic N) is 1. The summed E-state index contributed by atoms with van der Waals surface area (Å²) in [6.45, 7) is 6.12. The summed E-state index contributed by atoms with van der Waals surface area (Å²) in [6.07, 6.45) is 1.76. The highest BCUT2D eigenvalue weighted by atomic mass is 79.9. The van der Waals surface area contributed by atoms with Crippen molar-refractivity contribution in [2.45, 2.75) is 20.8 Å². The lowest BCUT2D eigenvalue weighted by molar-refractivity contribution is 0.458. The van der Waals surface area contributed by atoms with E-state index in [1.165, 1.54) is 5.56 Å². The van der Waals surface area contributed by atoms with Gasteiger partial charge in [-0.25, -0.2) is 4.98 Å². The molecule has 0 saturated heterocycles. The number of halogens is 1. The van der Waals surface area contributed by atoms with E-state index < -0.39 is 0 Å². The molecule has 0 bridgehead atoms. The number of pyridine rings is 1. The largest absolute Gasteiger partial charge is 0.439 e. The first-order valence-electron chi connectivity index (χ1n) is 5.43. The summed E-state index contributed by atoms with van der Waals surface area (Å²) in [5.74, 6) is 1.47. The van der Waals surface area contributed by atoms with Crippen LogP contribution in [0.5, 0.6) is 11.6 Å². The average Bonchev–Trinajstić information content (AvgIpc) is 2.27. The van der Waals surface area contributed by atoms with E-state index in [1.807, 2.05) is 32.0 Å². The average molecular weight is 292 g/mol. The SMILES string of the molecule is Cc1ccc(Oc2cc(C)c(Br)cn2)c(C)c1. The first-order chi connectivity index (χ1) is 8.06. The Labute approximate surface area is 110 Å². The van der Waals surface area contributed by atoms with Crippen molar-refractivity contribution < 1.29 is 4.74 Å². The Balaban J connectivity index is 2.28. The van der Waals surface area contributed by atoms with Crippen molar-refractivity contribution in [2.75, 3.05) is 0 Å². The molecule has 0 radical (unpaired) electrons. The van der Waals surface area contributed by atoms with Crippen molar-refractivity contribution in [1.29, 1.82) is 0 Å². The minimum absolute atomic E-state index is 0.623. The lowest BCUT2D eigenvalue weighted by Gasteiger charge is -2.09. The molecule has 0 atom stereocenters. The molecule has 0 fully saturated rings. The second-order valence-electron chi connectivity index (χ2n) is 4.14. The van der Waals surface area contributed by atoms with Gasteiger partial charge in [0.05, 0.1) is 0 Å². The summed E-state index contributed by atoms with van der Waals surface area (Å²) < 4.78 is 6.76. The molecule has 1 aromatic carbocycles. The highest BCUT2D eigenvalue weighted by Gasteiger charge is 2.04. The predicted octanol–water partition coefficient (Wildman–Crippen LogP) is 4.56. The van der Waals surface area contributed by atoms with E-state index in [0.29, 0.717) is 5.88 Å². The summed E-state index contributed by atoms with van der Waals surface area (Å²) >= 11 is 3.42. The third-order valence-electron chi connectivity index (χ3n) is 2.57. The van der Waals surface area contributed by atoms with Crippen molar-refractivity contribution in [2.24, 2.45) is 0 Å². The van der Waals surface area contributed by atoms with Gasteiger partial charge in [-0.1, -0.05) is 17.7 Å². The van der Waals surface area contributed by atoms with Crippen molar-refractivity contribution >= 4 is 15.9 Å². The number of aryl methyl sites for hydroxylation is 3. The quantitative estimate of drug-likeness (QED) is 0.809. The van der Waals surface area contributed by atoms with Crippen LogP contribution in [0.15, 0.2) is 34.9 Å². The molecule has 3 heteroatoms. The van der Waals surface area contributed by atoms with Crippen LogP contribution in [0.3, 0.4) is 0 Å². The fraction of sp³-hybridized carbons (Fsp3) is 0.214. The van der Waals surface area contributed by atoms with Crippen molar-refractivity contribution in [1.82, 2.24) is 4.98 Å². The first kappa shape index (κ1) is 12.1. The van der Waals surface area contributed by atoms with Gasteiger partial charge in [-0.05, 0) is 53.9 Å². The minimum atomic E-state index is 0.623. The lowest BCUT2D eigenvalue weighted by atomic mass is 10.1. The normalized spacial score (nSPS) is 10.4. The van der Waals surface area contributed by atoms with Crippen LogP contribution in [0.25, 0.3) is 0 Å². The molecule has 0 unspecified atom stereocenters. The third-order valence-corrected chi connectivity index (χ3v) is 3.40. The van der Waals surface area contributed by atoms with Crippen LogP contribution in [0.1, 0.15) is 16.7 Å². The van der Waals surface area contributed by atoms with Gasteiger partial charge < -0.3 is 4.74 Å². The number of hydrogen-bond acceptors (Lipinski definition) is 2. The molecule has 2 aromatic rings. The fourth-order valence-corrected chi connectivity index (χ4v) is 1.81. The van der Waals surface area contributed by atoms with Gasteiger partial charge in [0.1, 0.15) is 5.75 Å². The Morgan fingerprint density at radius 3 is 2.47 bits per heavy atom. The summed E-state index contributed by atoms with van der Waals surface area (Å²) in [7, 11) is 0. The van der Waals surface area contributed by atoms with E-state index in [-0.39, 0.29) is 0 Å². The van der Waals surface area contributed by atoms with Crippen molar-refractivity contribution in [3.05, 3.63) is 51.6 Å². The van der Waals surface area contributed by atoms with Crippen LogP contribution in [0.2, 0.25) is 0 Å². The first-order valence-corrected chi connectivity index (χ1v) is 6.23. The van der Waals surface area contributed by atoms with E-state index in [1.54, 1.807) is 6.20 Å². The fourth-order valence-electron chi connectivity index (χ4n) is 1.60. The van der Waals surface area contributed by atoms with Crippen molar-refractivity contribution in [3.8, 4) is 11.6 Å². The Hall–Kier alpha value is -1.35. The molecule has 0 aliphatic rings. The van der Waals surface area contributed by atoms with Gasteiger partial charge in [-0.3, -0.25) is 0 Å². The maximum absolute atomic E-state index is 5.77. The number of hydrogen-bond donors (Lipinski definition) is 0. The van der Waals surface area contributed by atoms with Crippen molar-refractivity contribution in [3.63, 3.8) is 0 Å². The van der Waals surface area contributed by atoms with Crippen LogP contribution in [0, 0.1) is 20.8 Å². The number of rotatable bonds is 2. The highest BCUT2D eigenvalue weighted by Crippen LogP contribution is 2.26. The zero-order valence-electron chi connectivity index (χ0n) is 10.1. The minimum Gasteiger partial charge on any atom is -0.439 e. The summed E-state index contributed by atoms with van der Waals surface area (Å²) in [5, 5.41) is 0. The van der Waals surface area contributed by atoms with Gasteiger partial charge in [-0.2, -0.15) is 0 Å². The van der Waals surface area contributed by atoms with Gasteiger partial charge in [0, 0.05) is 16.7 Å². The lowest BCUT2D eigenvalue weighted by Crippen LogP contribution is -1.91. The molecule has 2 nitrogen and oxygen atoms in total. The molecular weight excluding hydrogens is 278 g/mol. The van der Waals surface area contributed by atoms with Gasteiger partial charge in [0.15, 0.2) is 0 Å². The molecule has 1 aromatic heterocycles. The van der Waals surface area contributed by atoms with Gasteiger partial charge in [0.25, 0.3) is 0 Å². The van der Waals surface area contributed by atoms with E-state index >= 15 is 0 Å². The summed E-state index contributed by atoms with van der Waals surface area (Å²) in [4.78, 5) is 4.23. The molecule has 0 amide bonds. The topological polar surface area (TPSA) is 22.1 Å². The maximum atomic E-state index is 5.77. The van der Waals surface area contributed by atoms with Crippen LogP contribution in [-0.2, 0) is 0 Å². The second-order valence-corrected chi connectivity index (χ2v) is 5.00. The zero-order valence-corrected chi connectivity index (χ0v) is 11.7. The Bertz CT molecular complexity index is 552. The van der Waals surface area contributed by atoms with E-state index in [0.717, 1.165) is 21.3 Å². The van der Waals surface area contributed by atoms with Gasteiger partial charge >= 0.3 is 0 Å². The van der Waals surface area contributed by atoms with Crippen LogP contribution >= 0.6 is 15.9 Å². The molecule has 88 valence electrons. The Morgan fingerprint density at radius 1 is 1.06 bits per heavy atom. The standard InChI is InChI=1S/C14H14BrNO/c1-9-4-5-13(11(3)6-9)17-14-7-10(2)12(15)8-16-14/h4-8H,1-3H3. The van der Waals surface area contributed by atoms with Gasteiger partial charge in [-0.15, -0.1) is 0 Å². The molecule has 0 saturated carbocycles. The number of benzene rings is 1. The molecule has 0 spiro atoms. The molecule has 1 heterocycles. The molecular formula is C14H14BrNO. The molecule has 0 aliphatic heterocycles. The maximum Gasteiger partial charge on any atom is 0.219 e. The zero-order chi connectivity index (χ0) is 12.4. The van der Waals surface area contributed by atoms with Gasteiger partial charge in [0.2, 0.25) is 5.88 Å². The monoisotopic (exact) mass is 291 g/mol. The Kier molecular flexibility index (Phi) is 3.48. The van der Waals surface area contributed by atoms with Crippen LogP contribution in [0.4, 0.5) is 0 Å². The predicted molar refractivity (Wildman–Crippen MR) is 72.7 cm³/mol. The molecule has 0 aliphatic carbocycles. The molecule has 2 rings (SSSR count). The highest BCUT2D eigenvalue weighted by molar-refractivity contribution is 9.10. The summed E-state index contributed by atoms with van der Waals surface area (Å²) in [5.41, 5.74) is 3.46. The smallest absolute Gasteiger partial charge is 0.219 e.